The zero-order valence-electron chi connectivity index (χ0n) is 26.1. The quantitative estimate of drug-likeness (QED) is 0.373. The molecule has 2 heterocycles. The molecule has 2 aliphatic heterocycles. The molecule has 2 aromatic carbocycles. The Kier molecular flexibility index (Phi) is 10.1. The van der Waals surface area contributed by atoms with Crippen LogP contribution in [0.4, 0.5) is 10.5 Å². The molecular formula is C34H44N6O4S. The van der Waals surface area contributed by atoms with Crippen molar-refractivity contribution in [2.24, 2.45) is 28.5 Å². The highest BCUT2D eigenvalue weighted by molar-refractivity contribution is 7.96. The van der Waals surface area contributed by atoms with Crippen LogP contribution in [0, 0.1) is 29.1 Å². The summed E-state index contributed by atoms with van der Waals surface area (Å²) in [5.41, 5.74) is 6.85. The Labute approximate surface area is 266 Å². The van der Waals surface area contributed by atoms with Crippen LogP contribution in [0.15, 0.2) is 75.6 Å². The van der Waals surface area contributed by atoms with Crippen LogP contribution >= 0.6 is 0 Å². The van der Waals surface area contributed by atoms with Crippen molar-refractivity contribution in [1.29, 1.82) is 5.26 Å². The minimum absolute atomic E-state index is 0.0263. The van der Waals surface area contributed by atoms with Gasteiger partial charge in [0.15, 0.2) is 0 Å². The van der Waals surface area contributed by atoms with Gasteiger partial charge in [0.2, 0.25) is 9.84 Å². The summed E-state index contributed by atoms with van der Waals surface area (Å²) in [7, 11) is -0.630. The van der Waals surface area contributed by atoms with Gasteiger partial charge in [0.05, 0.1) is 16.4 Å². The number of nitriles is 1. The smallest absolute Gasteiger partial charge is 0.407 e. The van der Waals surface area contributed by atoms with Crippen molar-refractivity contribution < 1.29 is 17.9 Å². The Hall–Kier alpha value is -3.88. The van der Waals surface area contributed by atoms with E-state index in [9.17, 15) is 18.5 Å². The minimum atomic E-state index is -3.71. The van der Waals surface area contributed by atoms with Gasteiger partial charge in [-0.2, -0.15) is 5.26 Å². The lowest BCUT2D eigenvalue weighted by molar-refractivity contribution is 0.0307. The normalized spacial score (nSPS) is 23.3. The Morgan fingerprint density at radius 3 is 2.40 bits per heavy atom. The number of nitrogens with zero attached hydrogens (tertiary/aromatic N) is 4. The monoisotopic (exact) mass is 632 g/mol. The van der Waals surface area contributed by atoms with E-state index in [2.05, 4.69) is 38.3 Å². The number of ether oxygens (including phenoxy) is 1. The van der Waals surface area contributed by atoms with Gasteiger partial charge < -0.3 is 25.6 Å². The average molecular weight is 633 g/mol. The first-order valence-electron chi connectivity index (χ1n) is 15.8. The highest BCUT2D eigenvalue weighted by Gasteiger charge is 2.53. The third kappa shape index (κ3) is 6.58. The molecule has 3 N–H and O–H groups in total. The third-order valence-corrected chi connectivity index (χ3v) is 11.6. The zero-order valence-corrected chi connectivity index (χ0v) is 27.0. The number of carbonyl (C=O) groups is 1. The topological polar surface area (TPSA) is 141 Å². The number of amides is 1. The van der Waals surface area contributed by atoms with Crippen molar-refractivity contribution in [2.45, 2.75) is 48.5 Å². The lowest BCUT2D eigenvalue weighted by atomic mass is 9.59. The van der Waals surface area contributed by atoms with Gasteiger partial charge in [-0.3, -0.25) is 4.99 Å². The number of rotatable bonds is 10. The molecule has 3 aliphatic rings. The molecule has 0 bridgehead atoms. The van der Waals surface area contributed by atoms with E-state index < -0.39 is 21.3 Å². The summed E-state index contributed by atoms with van der Waals surface area (Å²) < 4.78 is 31.5. The van der Waals surface area contributed by atoms with E-state index in [1.54, 1.807) is 19.2 Å². The Morgan fingerprint density at radius 2 is 1.80 bits per heavy atom. The van der Waals surface area contributed by atoms with Gasteiger partial charge in [-0.15, -0.1) is 0 Å². The lowest BCUT2D eigenvalue weighted by Gasteiger charge is -2.47. The second-order valence-corrected chi connectivity index (χ2v) is 14.3. The Bertz CT molecular complexity index is 1520. The highest BCUT2D eigenvalue weighted by atomic mass is 32.2. The SMILES string of the molecule is CN=CC(=CN)S(=O)(=O)c1ccc(N2CC(CN3CCC(C(C#N)(c4ccccc4)[C@@H]4CCC[C@H]4OC(=O)NC)CC3)C2)cc1. The molecule has 0 radical (unpaired) electrons. The number of likely N-dealkylation sites (tertiary alicyclic amines) is 1. The Balaban J connectivity index is 1.20. The fourth-order valence-electron chi connectivity index (χ4n) is 7.62. The van der Waals surface area contributed by atoms with Crippen molar-refractivity contribution in [3.8, 4) is 6.07 Å². The molecule has 0 aromatic heterocycles. The van der Waals surface area contributed by atoms with Gasteiger partial charge in [0.25, 0.3) is 0 Å². The second-order valence-electron chi connectivity index (χ2n) is 12.4. The summed E-state index contributed by atoms with van der Waals surface area (Å²) in [6.07, 6.45) is 6.03. The van der Waals surface area contributed by atoms with Crippen LogP contribution in [0.3, 0.4) is 0 Å². The number of benzene rings is 2. The predicted octanol–water partition coefficient (Wildman–Crippen LogP) is 4.10. The molecule has 0 spiro atoms. The summed E-state index contributed by atoms with van der Waals surface area (Å²) in [6.45, 7) is 4.67. The number of hydrogen-bond acceptors (Lipinski definition) is 9. The fraction of sp³-hybridized carbons (Fsp3) is 0.500. The number of nitrogens with one attached hydrogen (secondary N) is 1. The fourth-order valence-corrected chi connectivity index (χ4v) is 8.81. The van der Waals surface area contributed by atoms with Gasteiger partial charge in [-0.25, -0.2) is 13.2 Å². The molecule has 3 fully saturated rings. The molecule has 2 aromatic rings. The van der Waals surface area contributed by atoms with Gasteiger partial charge in [-0.1, -0.05) is 30.3 Å². The third-order valence-electron chi connectivity index (χ3n) is 9.88. The van der Waals surface area contributed by atoms with Crippen molar-refractivity contribution in [3.63, 3.8) is 0 Å². The summed E-state index contributed by atoms with van der Waals surface area (Å²) in [5.74, 6) is 0.650. The Morgan fingerprint density at radius 1 is 1.11 bits per heavy atom. The molecule has 3 atom stereocenters. The van der Waals surface area contributed by atoms with Crippen LogP contribution in [0.25, 0.3) is 0 Å². The summed E-state index contributed by atoms with van der Waals surface area (Å²) in [6, 6.07) is 19.9. The van der Waals surface area contributed by atoms with Gasteiger partial charge in [-0.05, 0) is 80.9 Å². The highest BCUT2D eigenvalue weighted by Crippen LogP contribution is 2.51. The van der Waals surface area contributed by atoms with E-state index in [1.807, 2.05) is 30.3 Å². The van der Waals surface area contributed by atoms with Gasteiger partial charge >= 0.3 is 6.09 Å². The predicted molar refractivity (Wildman–Crippen MR) is 176 cm³/mol. The number of piperidine rings is 1. The molecule has 1 saturated carbocycles. The first kappa shape index (κ1) is 32.5. The van der Waals surface area contributed by atoms with E-state index in [0.29, 0.717) is 5.92 Å². The number of alkyl carbamates (subject to hydrolysis) is 1. The number of sulfone groups is 1. The van der Waals surface area contributed by atoms with Crippen LogP contribution in [0.5, 0.6) is 0 Å². The molecule has 10 nitrogen and oxygen atoms in total. The van der Waals surface area contributed by atoms with Crippen LogP contribution in [0.2, 0.25) is 0 Å². The van der Waals surface area contributed by atoms with Crippen LogP contribution in [0.1, 0.15) is 37.7 Å². The first-order valence-corrected chi connectivity index (χ1v) is 17.3. The second kappa shape index (κ2) is 14.0. The van der Waals surface area contributed by atoms with Gasteiger partial charge in [0, 0.05) is 63.7 Å². The standard InChI is InChI=1S/C34H44N6O4S/c1-37-20-30(19-35)45(42,43)29-13-11-28(12-14-29)40-22-25(23-40)21-39-17-15-27(16-18-39)34(24-36,26-7-4-3-5-8-26)31-9-6-10-32(31)44-33(41)38-2/h3-5,7-8,11-14,19-20,25,27,31-32H,6,9-10,15-18,21-23,35H2,1-2H3,(H,38,41)/t31-,32-,34?/m1/s1. The largest absolute Gasteiger partial charge is 0.446 e. The van der Waals surface area contributed by atoms with E-state index in [4.69, 9.17) is 10.5 Å². The van der Waals surface area contributed by atoms with E-state index in [0.717, 1.165) is 82.3 Å². The molecular weight excluding hydrogens is 588 g/mol. The summed E-state index contributed by atoms with van der Waals surface area (Å²) in [4.78, 5) is 20.9. The molecule has 240 valence electrons. The molecule has 1 aliphatic carbocycles. The maximum atomic E-state index is 12.8. The summed E-state index contributed by atoms with van der Waals surface area (Å²) in [5, 5.41) is 13.5. The maximum absolute atomic E-state index is 12.8. The molecule has 45 heavy (non-hydrogen) atoms. The molecule has 1 amide bonds. The van der Waals surface area contributed by atoms with E-state index in [-0.39, 0.29) is 27.7 Å². The number of hydrogen-bond donors (Lipinski definition) is 2. The first-order chi connectivity index (χ1) is 21.8. The average Bonchev–Trinajstić information content (AvgIpc) is 3.51. The molecule has 5 rings (SSSR count). The minimum Gasteiger partial charge on any atom is -0.446 e. The van der Waals surface area contributed by atoms with Crippen molar-refractivity contribution in [1.82, 2.24) is 10.2 Å². The van der Waals surface area contributed by atoms with Crippen LogP contribution in [-0.4, -0.2) is 78.5 Å². The van der Waals surface area contributed by atoms with Crippen molar-refractivity contribution in [3.05, 3.63) is 71.3 Å². The number of anilines is 1. The number of carbonyl (C=O) groups excluding carboxylic acids is 1. The van der Waals surface area contributed by atoms with Crippen LogP contribution in [-0.2, 0) is 20.0 Å². The van der Waals surface area contributed by atoms with E-state index in [1.165, 1.54) is 13.3 Å². The molecule has 1 unspecified atom stereocenters. The van der Waals surface area contributed by atoms with Crippen LogP contribution < -0.4 is 16.0 Å². The van der Waals surface area contributed by atoms with Crippen molar-refractivity contribution >= 4 is 27.8 Å². The number of nitrogens with two attached hydrogens (primary N) is 1. The van der Waals surface area contributed by atoms with Crippen molar-refractivity contribution in [2.75, 3.05) is 51.7 Å². The molecule has 11 heteroatoms. The summed E-state index contributed by atoms with van der Waals surface area (Å²) >= 11 is 0. The lowest BCUT2D eigenvalue weighted by Crippen LogP contribution is -2.54. The molecule has 2 saturated heterocycles. The van der Waals surface area contributed by atoms with E-state index >= 15 is 0 Å². The number of allylic oxidation sites excluding steroid dienone is 1. The number of aliphatic imine (C=N–C) groups is 1. The van der Waals surface area contributed by atoms with Gasteiger partial charge in [0.1, 0.15) is 11.0 Å². The zero-order chi connectivity index (χ0) is 32.0. The maximum Gasteiger partial charge on any atom is 0.407 e.